The normalized spacial score (nSPS) is 8.71. The van der Waals surface area contributed by atoms with E-state index in [1.165, 1.54) is 24.3 Å². The summed E-state index contributed by atoms with van der Waals surface area (Å²) in [6.45, 7) is 0.00221. The highest BCUT2D eigenvalue weighted by Gasteiger charge is 2.07. The summed E-state index contributed by atoms with van der Waals surface area (Å²) in [6, 6.07) is 10.6. The molecule has 1 rings (SSSR count). The number of hydrogen-bond donors (Lipinski definition) is 4. The van der Waals surface area contributed by atoms with Crippen LogP contribution in [0, 0.1) is 34.0 Å². The number of nitriles is 3. The smallest absolute Gasteiger partial charge is 0.319 e. The Hall–Kier alpha value is -4.03. The number of hydrogen-bond acceptors (Lipinski definition) is 6. The van der Waals surface area contributed by atoms with Gasteiger partial charge in [-0.1, -0.05) is 0 Å². The lowest BCUT2D eigenvalue weighted by Gasteiger charge is -2.08. The van der Waals surface area contributed by atoms with Gasteiger partial charge in [-0.3, -0.25) is 4.79 Å². The summed E-state index contributed by atoms with van der Waals surface area (Å²) in [5.74, 6) is -1.01. The minimum absolute atomic E-state index is 0.00221. The number of benzene rings is 1. The molecule has 0 heterocycles. The van der Waals surface area contributed by atoms with Gasteiger partial charge in [0.2, 0.25) is 0 Å². The molecule has 1 aromatic carbocycles. The van der Waals surface area contributed by atoms with Crippen molar-refractivity contribution in [2.24, 2.45) is 0 Å². The van der Waals surface area contributed by atoms with Gasteiger partial charge in [0.25, 0.3) is 0 Å². The zero-order valence-electron chi connectivity index (χ0n) is 12.3. The lowest BCUT2D eigenvalue weighted by molar-refractivity contribution is -0.136. The Labute approximate surface area is 137 Å². The third-order valence-electron chi connectivity index (χ3n) is 2.62. The largest absolute Gasteiger partial charge is 0.481 e. The van der Waals surface area contributed by atoms with E-state index in [-0.39, 0.29) is 24.2 Å². The number of amides is 2. The maximum Gasteiger partial charge on any atom is 0.319 e. The highest BCUT2D eigenvalue weighted by molar-refractivity contribution is 5.89. The van der Waals surface area contributed by atoms with Gasteiger partial charge in [-0.2, -0.15) is 15.8 Å². The molecule has 0 saturated carbocycles. The second-order valence-electron chi connectivity index (χ2n) is 4.31. The van der Waals surface area contributed by atoms with Crippen molar-refractivity contribution in [1.82, 2.24) is 5.32 Å². The van der Waals surface area contributed by atoms with Crippen LogP contribution in [0.15, 0.2) is 35.5 Å². The number of urea groups is 1. The van der Waals surface area contributed by atoms with Crippen LogP contribution in [-0.4, -0.2) is 23.7 Å². The average molecular weight is 324 g/mol. The molecule has 9 heteroatoms. The van der Waals surface area contributed by atoms with Crippen LogP contribution in [0.1, 0.15) is 6.42 Å². The Morgan fingerprint density at radius 3 is 1.96 bits per heavy atom. The molecule has 0 aromatic heterocycles. The molecule has 9 nitrogen and oxygen atoms in total. The molecule has 4 N–H and O–H groups in total. The summed E-state index contributed by atoms with van der Waals surface area (Å²) in [5.41, 5.74) is 0.382. The van der Waals surface area contributed by atoms with E-state index in [0.29, 0.717) is 11.4 Å². The number of rotatable bonds is 6. The monoisotopic (exact) mass is 324 g/mol. The number of carbonyl (C=O) groups excluding carboxylic acids is 1. The lowest BCUT2D eigenvalue weighted by atomic mass is 10.2. The van der Waals surface area contributed by atoms with Gasteiger partial charge in [-0.05, 0) is 24.3 Å². The summed E-state index contributed by atoms with van der Waals surface area (Å²) in [7, 11) is 0. The Balaban J connectivity index is 2.67. The zero-order valence-corrected chi connectivity index (χ0v) is 12.3. The van der Waals surface area contributed by atoms with Gasteiger partial charge in [-0.25, -0.2) is 4.79 Å². The predicted octanol–water partition coefficient (Wildman–Crippen LogP) is 1.52. The van der Waals surface area contributed by atoms with Crippen molar-refractivity contribution in [3.63, 3.8) is 0 Å². The minimum atomic E-state index is -1.01. The van der Waals surface area contributed by atoms with Crippen molar-refractivity contribution in [1.29, 1.82) is 15.8 Å². The molecular formula is C15H12N6O3. The van der Waals surface area contributed by atoms with Gasteiger partial charge in [0.05, 0.1) is 6.42 Å². The Kier molecular flexibility index (Phi) is 6.82. The summed E-state index contributed by atoms with van der Waals surface area (Å²) < 4.78 is 0. The van der Waals surface area contributed by atoms with E-state index >= 15 is 0 Å². The minimum Gasteiger partial charge on any atom is -0.481 e. The Morgan fingerprint density at radius 1 is 0.958 bits per heavy atom. The number of nitrogens with zero attached hydrogens (tertiary/aromatic N) is 3. The topological polar surface area (TPSA) is 162 Å². The van der Waals surface area contributed by atoms with Gasteiger partial charge in [-0.15, -0.1) is 0 Å². The number of aliphatic carboxylic acids is 1. The third kappa shape index (κ3) is 5.76. The maximum atomic E-state index is 11.5. The first-order valence-corrected chi connectivity index (χ1v) is 6.58. The van der Waals surface area contributed by atoms with Crippen LogP contribution in [0.5, 0.6) is 0 Å². The van der Waals surface area contributed by atoms with E-state index in [1.807, 2.05) is 0 Å². The summed E-state index contributed by atoms with van der Waals surface area (Å²) in [4.78, 5) is 21.9. The van der Waals surface area contributed by atoms with Crippen molar-refractivity contribution >= 4 is 23.4 Å². The highest BCUT2D eigenvalue weighted by Crippen LogP contribution is 2.16. The quantitative estimate of drug-likeness (QED) is 0.576. The molecule has 0 bridgehead atoms. The van der Waals surface area contributed by atoms with Crippen molar-refractivity contribution in [2.45, 2.75) is 6.42 Å². The van der Waals surface area contributed by atoms with Crippen LogP contribution in [-0.2, 0) is 4.79 Å². The van der Waals surface area contributed by atoms with Crippen LogP contribution in [0.3, 0.4) is 0 Å². The first kappa shape index (κ1) is 18.0. The zero-order chi connectivity index (χ0) is 17.9. The van der Waals surface area contributed by atoms with Crippen LogP contribution < -0.4 is 16.0 Å². The standard InChI is InChI=1S/C15H12N6O3/c16-7-10(8-17)13(9-18)20-11-1-3-12(4-2-11)21-15(24)19-6-5-14(22)23/h1-4,20H,5-6H2,(H,22,23)(H2,19,21,24). The van der Waals surface area contributed by atoms with Crippen LogP contribution in [0.2, 0.25) is 0 Å². The van der Waals surface area contributed by atoms with Gasteiger partial charge < -0.3 is 21.1 Å². The van der Waals surface area contributed by atoms with Gasteiger partial charge in [0.1, 0.15) is 23.9 Å². The van der Waals surface area contributed by atoms with E-state index < -0.39 is 12.0 Å². The molecule has 120 valence electrons. The fourth-order valence-electron chi connectivity index (χ4n) is 1.52. The van der Waals surface area contributed by atoms with Gasteiger partial charge in [0, 0.05) is 17.9 Å². The maximum absolute atomic E-state index is 11.5. The number of carboxylic acids is 1. The van der Waals surface area contributed by atoms with E-state index in [0.717, 1.165) is 0 Å². The second kappa shape index (κ2) is 9.08. The second-order valence-corrected chi connectivity index (χ2v) is 4.31. The Morgan fingerprint density at radius 2 is 1.50 bits per heavy atom. The van der Waals surface area contributed by atoms with Crippen molar-refractivity contribution in [3.8, 4) is 18.2 Å². The van der Waals surface area contributed by atoms with Crippen LogP contribution in [0.25, 0.3) is 0 Å². The molecule has 0 spiro atoms. The summed E-state index contributed by atoms with van der Waals surface area (Å²) in [5, 5.41) is 42.4. The molecule has 0 aliphatic heterocycles. The van der Waals surface area contributed by atoms with Crippen LogP contribution >= 0.6 is 0 Å². The summed E-state index contributed by atoms with van der Waals surface area (Å²) in [6.07, 6.45) is -0.181. The molecular weight excluding hydrogens is 312 g/mol. The molecule has 0 unspecified atom stereocenters. The van der Waals surface area contributed by atoms with Crippen LogP contribution in [0.4, 0.5) is 16.2 Å². The fourth-order valence-corrected chi connectivity index (χ4v) is 1.52. The molecule has 2 amide bonds. The lowest BCUT2D eigenvalue weighted by Crippen LogP contribution is -2.30. The highest BCUT2D eigenvalue weighted by atomic mass is 16.4. The number of carboxylic acid groups (broad SMARTS) is 1. The van der Waals surface area contributed by atoms with E-state index in [2.05, 4.69) is 16.0 Å². The predicted molar refractivity (Wildman–Crippen MR) is 83.2 cm³/mol. The average Bonchev–Trinajstić information content (AvgIpc) is 2.56. The molecule has 24 heavy (non-hydrogen) atoms. The molecule has 0 aliphatic rings. The SMILES string of the molecule is N#CC(C#N)=C(C#N)Nc1ccc(NC(=O)NCCC(=O)O)cc1. The molecule has 0 atom stereocenters. The number of anilines is 2. The first-order chi connectivity index (χ1) is 11.5. The van der Waals surface area contributed by atoms with Crippen molar-refractivity contribution in [3.05, 3.63) is 35.5 Å². The number of carbonyl (C=O) groups is 2. The molecule has 0 saturated heterocycles. The van der Waals surface area contributed by atoms with Gasteiger partial charge >= 0.3 is 12.0 Å². The molecule has 0 radical (unpaired) electrons. The van der Waals surface area contributed by atoms with E-state index in [9.17, 15) is 9.59 Å². The van der Waals surface area contributed by atoms with E-state index in [1.54, 1.807) is 18.2 Å². The first-order valence-electron chi connectivity index (χ1n) is 6.58. The number of allylic oxidation sites excluding steroid dienone is 2. The van der Waals surface area contributed by atoms with Crippen molar-refractivity contribution in [2.75, 3.05) is 17.2 Å². The van der Waals surface area contributed by atoms with Gasteiger partial charge in [0.15, 0.2) is 5.57 Å². The Bertz CT molecular complexity index is 761. The van der Waals surface area contributed by atoms with E-state index in [4.69, 9.17) is 20.9 Å². The third-order valence-corrected chi connectivity index (χ3v) is 2.62. The number of nitrogens with one attached hydrogen (secondary N) is 3. The van der Waals surface area contributed by atoms with Crippen molar-refractivity contribution < 1.29 is 14.7 Å². The fraction of sp³-hybridized carbons (Fsp3) is 0.133. The molecule has 0 fully saturated rings. The summed E-state index contributed by atoms with van der Waals surface area (Å²) >= 11 is 0. The molecule has 0 aliphatic carbocycles. The molecule has 1 aromatic rings.